The monoisotopic (exact) mass is 248 g/mol. The molecule has 1 aliphatic carbocycles. The second kappa shape index (κ2) is 5.01. The number of hydrogen-bond acceptors (Lipinski definition) is 2. The van der Waals surface area contributed by atoms with Gasteiger partial charge >= 0.3 is 5.97 Å². The quantitative estimate of drug-likeness (QED) is 0.864. The Morgan fingerprint density at radius 3 is 2.72 bits per heavy atom. The molecule has 1 unspecified atom stereocenters. The summed E-state index contributed by atoms with van der Waals surface area (Å²) in [6.07, 6.45) is 4.85. The maximum Gasteiger partial charge on any atom is 0.306 e. The van der Waals surface area contributed by atoms with Gasteiger partial charge < -0.3 is 10.2 Å². The topological polar surface area (TPSA) is 57.5 Å². The third-order valence-corrected chi connectivity index (χ3v) is 3.97. The number of carboxylic acid groups (broad SMARTS) is 1. The Hall–Kier alpha value is -1.51. The number of carboxylic acids is 1. The van der Waals surface area contributed by atoms with E-state index in [1.54, 1.807) is 6.92 Å². The molecule has 1 atom stereocenters. The second-order valence-electron chi connectivity index (χ2n) is 5.29. The first-order valence-electron chi connectivity index (χ1n) is 6.56. The Morgan fingerprint density at radius 1 is 1.39 bits per heavy atom. The van der Waals surface area contributed by atoms with Gasteiger partial charge in [-0.15, -0.1) is 0 Å². The average Bonchev–Trinajstić information content (AvgIpc) is 2.34. The van der Waals surface area contributed by atoms with Gasteiger partial charge in [0.15, 0.2) is 0 Å². The summed E-state index contributed by atoms with van der Waals surface area (Å²) in [7, 11) is 0. The lowest BCUT2D eigenvalue weighted by atomic mass is 9.84. The molecule has 0 amide bonds. The Bertz CT molecular complexity index is 477. The van der Waals surface area contributed by atoms with Gasteiger partial charge in [-0.05, 0) is 67.3 Å². The lowest BCUT2D eigenvalue weighted by Gasteiger charge is -2.22. The minimum absolute atomic E-state index is 0.265. The van der Waals surface area contributed by atoms with Crippen LogP contribution in [0.1, 0.15) is 42.0 Å². The number of aliphatic carboxylic acids is 1. The highest BCUT2D eigenvalue weighted by Gasteiger charge is 2.20. The third kappa shape index (κ3) is 2.35. The SMILES string of the molecule is Cc1c(CC(C)C(=O)O)c(O)cc2c1CCCC2. The van der Waals surface area contributed by atoms with Gasteiger partial charge in [0.25, 0.3) is 0 Å². The number of benzene rings is 1. The molecule has 0 aromatic heterocycles. The number of rotatable bonds is 3. The molecule has 3 nitrogen and oxygen atoms in total. The first-order valence-corrected chi connectivity index (χ1v) is 6.56. The van der Waals surface area contributed by atoms with Crippen LogP contribution in [0.3, 0.4) is 0 Å². The smallest absolute Gasteiger partial charge is 0.306 e. The van der Waals surface area contributed by atoms with Crippen LogP contribution in [0.15, 0.2) is 6.07 Å². The molecule has 0 bridgehead atoms. The molecular weight excluding hydrogens is 228 g/mol. The van der Waals surface area contributed by atoms with E-state index in [0.717, 1.165) is 24.0 Å². The van der Waals surface area contributed by atoms with E-state index in [0.29, 0.717) is 6.42 Å². The van der Waals surface area contributed by atoms with Gasteiger partial charge in [0.05, 0.1) is 5.92 Å². The predicted molar refractivity (Wildman–Crippen MR) is 70.0 cm³/mol. The van der Waals surface area contributed by atoms with E-state index in [-0.39, 0.29) is 5.75 Å². The van der Waals surface area contributed by atoms with Gasteiger partial charge in [0.2, 0.25) is 0 Å². The van der Waals surface area contributed by atoms with Crippen molar-refractivity contribution in [3.8, 4) is 5.75 Å². The van der Waals surface area contributed by atoms with Crippen molar-refractivity contribution in [3.05, 3.63) is 28.3 Å². The number of hydrogen-bond donors (Lipinski definition) is 2. The molecule has 0 saturated carbocycles. The standard InChI is InChI=1S/C15H20O3/c1-9(15(17)18)7-13-10(2)12-6-4-3-5-11(12)8-14(13)16/h8-9,16H,3-7H2,1-2H3,(H,17,18). The summed E-state index contributed by atoms with van der Waals surface area (Å²) < 4.78 is 0. The van der Waals surface area contributed by atoms with Crippen LogP contribution in [0, 0.1) is 12.8 Å². The number of fused-ring (bicyclic) bond motifs is 1. The number of aromatic hydroxyl groups is 1. The summed E-state index contributed by atoms with van der Waals surface area (Å²) >= 11 is 0. The Balaban J connectivity index is 2.38. The van der Waals surface area contributed by atoms with Gasteiger partial charge in [-0.25, -0.2) is 0 Å². The van der Waals surface area contributed by atoms with E-state index in [4.69, 9.17) is 5.11 Å². The zero-order valence-electron chi connectivity index (χ0n) is 11.0. The van der Waals surface area contributed by atoms with Crippen molar-refractivity contribution in [3.63, 3.8) is 0 Å². The average molecular weight is 248 g/mol. The maximum atomic E-state index is 10.9. The highest BCUT2D eigenvalue weighted by Crippen LogP contribution is 2.33. The maximum absolute atomic E-state index is 10.9. The lowest BCUT2D eigenvalue weighted by Crippen LogP contribution is -2.15. The molecule has 0 fully saturated rings. The predicted octanol–water partition coefficient (Wildman–Crippen LogP) is 2.84. The molecule has 1 aromatic rings. The normalized spacial score (nSPS) is 16.1. The first kappa shape index (κ1) is 12.9. The molecule has 0 heterocycles. The summed E-state index contributed by atoms with van der Waals surface area (Å²) in [5.41, 5.74) is 4.47. The molecule has 1 aliphatic rings. The van der Waals surface area contributed by atoms with Crippen LogP contribution >= 0.6 is 0 Å². The zero-order chi connectivity index (χ0) is 13.3. The molecule has 0 saturated heterocycles. The zero-order valence-corrected chi connectivity index (χ0v) is 11.0. The van der Waals surface area contributed by atoms with Crippen LogP contribution in [0.2, 0.25) is 0 Å². The molecule has 98 valence electrons. The number of aryl methyl sites for hydroxylation is 1. The molecule has 0 aliphatic heterocycles. The van der Waals surface area contributed by atoms with Crippen LogP contribution in [0.5, 0.6) is 5.75 Å². The van der Waals surface area contributed by atoms with Crippen molar-refractivity contribution in [1.82, 2.24) is 0 Å². The fourth-order valence-electron chi connectivity index (χ4n) is 2.79. The molecule has 2 rings (SSSR count). The molecular formula is C15H20O3. The van der Waals surface area contributed by atoms with Crippen LogP contribution < -0.4 is 0 Å². The van der Waals surface area contributed by atoms with Crippen molar-refractivity contribution in [2.24, 2.45) is 5.92 Å². The largest absolute Gasteiger partial charge is 0.508 e. The molecule has 3 heteroatoms. The van der Waals surface area contributed by atoms with Gasteiger partial charge in [-0.3, -0.25) is 4.79 Å². The highest BCUT2D eigenvalue weighted by molar-refractivity contribution is 5.70. The second-order valence-corrected chi connectivity index (χ2v) is 5.29. The number of carbonyl (C=O) groups is 1. The minimum Gasteiger partial charge on any atom is -0.508 e. The summed E-state index contributed by atoms with van der Waals surface area (Å²) in [6, 6.07) is 1.84. The van der Waals surface area contributed by atoms with Crippen LogP contribution in [0.25, 0.3) is 0 Å². The minimum atomic E-state index is -0.813. The summed E-state index contributed by atoms with van der Waals surface area (Å²) in [4.78, 5) is 10.9. The van der Waals surface area contributed by atoms with E-state index in [1.165, 1.54) is 24.0 Å². The molecule has 1 aromatic carbocycles. The van der Waals surface area contributed by atoms with E-state index in [1.807, 2.05) is 13.0 Å². The van der Waals surface area contributed by atoms with Crippen LogP contribution in [-0.4, -0.2) is 16.2 Å². The van der Waals surface area contributed by atoms with Crippen molar-refractivity contribution in [2.75, 3.05) is 0 Å². The summed E-state index contributed by atoms with van der Waals surface area (Å²) in [5, 5.41) is 19.1. The number of phenolic OH excluding ortho intramolecular Hbond substituents is 1. The van der Waals surface area contributed by atoms with Crippen molar-refractivity contribution in [2.45, 2.75) is 46.0 Å². The van der Waals surface area contributed by atoms with Crippen LogP contribution in [-0.2, 0) is 24.1 Å². The lowest BCUT2D eigenvalue weighted by molar-refractivity contribution is -0.141. The van der Waals surface area contributed by atoms with Gasteiger partial charge in [0, 0.05) is 0 Å². The summed E-state index contributed by atoms with van der Waals surface area (Å²) in [5.74, 6) is -1.01. The van der Waals surface area contributed by atoms with Crippen LogP contribution in [0.4, 0.5) is 0 Å². The molecule has 0 spiro atoms. The van der Waals surface area contributed by atoms with Crippen molar-refractivity contribution in [1.29, 1.82) is 0 Å². The van der Waals surface area contributed by atoms with E-state index < -0.39 is 11.9 Å². The summed E-state index contributed by atoms with van der Waals surface area (Å²) in [6.45, 7) is 3.69. The van der Waals surface area contributed by atoms with E-state index >= 15 is 0 Å². The Morgan fingerprint density at radius 2 is 2.06 bits per heavy atom. The van der Waals surface area contributed by atoms with Crippen molar-refractivity contribution >= 4 is 5.97 Å². The fourth-order valence-corrected chi connectivity index (χ4v) is 2.79. The molecule has 0 radical (unpaired) electrons. The third-order valence-electron chi connectivity index (χ3n) is 3.97. The first-order chi connectivity index (χ1) is 8.50. The Labute approximate surface area is 107 Å². The Kier molecular flexibility index (Phi) is 3.60. The van der Waals surface area contributed by atoms with Gasteiger partial charge in [0.1, 0.15) is 5.75 Å². The molecule has 2 N–H and O–H groups in total. The van der Waals surface area contributed by atoms with Gasteiger partial charge in [-0.2, -0.15) is 0 Å². The highest BCUT2D eigenvalue weighted by atomic mass is 16.4. The fraction of sp³-hybridized carbons (Fsp3) is 0.533. The number of phenols is 1. The van der Waals surface area contributed by atoms with Gasteiger partial charge in [-0.1, -0.05) is 6.92 Å². The van der Waals surface area contributed by atoms with E-state index in [9.17, 15) is 9.90 Å². The molecule has 18 heavy (non-hydrogen) atoms. The van der Waals surface area contributed by atoms with Crippen molar-refractivity contribution < 1.29 is 15.0 Å². The van der Waals surface area contributed by atoms with E-state index in [2.05, 4.69) is 0 Å².